The Bertz CT molecular complexity index is 544. The molecule has 3 heteroatoms. The number of nitrogens with one attached hydrogen (secondary N) is 1. The molecule has 0 bridgehead atoms. The maximum atomic E-state index is 6.57. The summed E-state index contributed by atoms with van der Waals surface area (Å²) < 4.78 is 6.57. The van der Waals surface area contributed by atoms with Crippen molar-refractivity contribution in [3.8, 4) is 5.75 Å². The third kappa shape index (κ3) is 3.34. The van der Waals surface area contributed by atoms with E-state index in [0.29, 0.717) is 18.2 Å². The second-order valence-electron chi connectivity index (χ2n) is 7.92. The van der Waals surface area contributed by atoms with Gasteiger partial charge in [-0.15, -0.1) is 0 Å². The van der Waals surface area contributed by atoms with Gasteiger partial charge >= 0.3 is 0 Å². The molecule has 3 fully saturated rings. The average Bonchev–Trinajstić information content (AvgIpc) is 2.64. The van der Waals surface area contributed by atoms with Crippen molar-refractivity contribution in [2.75, 3.05) is 13.1 Å². The molecule has 132 valence electrons. The Morgan fingerprint density at radius 3 is 2.58 bits per heavy atom. The Morgan fingerprint density at radius 1 is 0.958 bits per heavy atom. The summed E-state index contributed by atoms with van der Waals surface area (Å²) in [5.74, 6) is 1.09. The predicted octanol–water partition coefficient (Wildman–Crippen LogP) is 3.90. The second kappa shape index (κ2) is 7.45. The van der Waals surface area contributed by atoms with Gasteiger partial charge in [0, 0.05) is 31.2 Å². The standard InChI is InChI=1S/C21H32N2O/c1-16-8-2-6-12-20(16)24-21-13-7-5-11-19(21)23-15-14-22-17-9-3-4-10-18(17)23/h2,6,8,12,17-19,21-22H,3-5,7,9-11,13-15H2,1H3/t17-,18+,19+,21+/m1/s1. The number of hydrogen-bond donors (Lipinski definition) is 1. The van der Waals surface area contributed by atoms with Crippen LogP contribution in [0.2, 0.25) is 0 Å². The molecule has 3 nitrogen and oxygen atoms in total. The highest BCUT2D eigenvalue weighted by molar-refractivity contribution is 5.32. The van der Waals surface area contributed by atoms with E-state index in [1.54, 1.807) is 0 Å². The molecular weight excluding hydrogens is 296 g/mol. The molecule has 1 aromatic rings. The van der Waals surface area contributed by atoms with Crippen LogP contribution >= 0.6 is 0 Å². The van der Waals surface area contributed by atoms with Crippen molar-refractivity contribution >= 4 is 0 Å². The third-order valence-corrected chi connectivity index (χ3v) is 6.40. The molecule has 0 spiro atoms. The number of aryl methyl sites for hydroxylation is 1. The number of hydrogen-bond acceptors (Lipinski definition) is 3. The highest BCUT2D eigenvalue weighted by atomic mass is 16.5. The molecule has 1 aliphatic heterocycles. The SMILES string of the molecule is Cc1ccccc1O[C@H]1CCCC[C@@H]1N1CCN[C@@H]2CCCC[C@@H]21. The van der Waals surface area contributed by atoms with E-state index in [4.69, 9.17) is 4.74 Å². The van der Waals surface area contributed by atoms with Crippen LogP contribution in [-0.4, -0.2) is 42.2 Å². The zero-order chi connectivity index (χ0) is 16.4. The molecular formula is C21H32N2O. The topological polar surface area (TPSA) is 24.5 Å². The van der Waals surface area contributed by atoms with E-state index in [1.807, 2.05) is 0 Å². The molecule has 0 unspecified atom stereocenters. The molecule has 1 saturated heterocycles. The summed E-state index contributed by atoms with van der Waals surface area (Å²) in [7, 11) is 0. The van der Waals surface area contributed by atoms with Crippen LogP contribution in [0.5, 0.6) is 5.75 Å². The maximum absolute atomic E-state index is 6.57. The summed E-state index contributed by atoms with van der Waals surface area (Å²) in [5, 5.41) is 3.78. The quantitative estimate of drug-likeness (QED) is 0.911. The van der Waals surface area contributed by atoms with E-state index in [0.717, 1.165) is 18.3 Å². The van der Waals surface area contributed by atoms with Gasteiger partial charge in [-0.05, 0) is 50.7 Å². The lowest BCUT2D eigenvalue weighted by atomic mass is 9.83. The molecule has 0 amide bonds. The van der Waals surface area contributed by atoms with Crippen LogP contribution in [-0.2, 0) is 0 Å². The molecule has 4 rings (SSSR count). The highest BCUT2D eigenvalue weighted by Gasteiger charge is 2.40. The van der Waals surface area contributed by atoms with Crippen molar-refractivity contribution in [2.24, 2.45) is 0 Å². The van der Waals surface area contributed by atoms with Crippen LogP contribution in [0.4, 0.5) is 0 Å². The van der Waals surface area contributed by atoms with Gasteiger partial charge in [0.1, 0.15) is 11.9 Å². The second-order valence-corrected chi connectivity index (χ2v) is 7.92. The van der Waals surface area contributed by atoms with E-state index in [1.165, 1.54) is 63.5 Å². The van der Waals surface area contributed by atoms with Gasteiger partial charge in [0.15, 0.2) is 0 Å². The summed E-state index contributed by atoms with van der Waals surface area (Å²) >= 11 is 0. The van der Waals surface area contributed by atoms with Gasteiger partial charge < -0.3 is 10.1 Å². The fourth-order valence-electron chi connectivity index (χ4n) is 5.15. The zero-order valence-corrected chi connectivity index (χ0v) is 15.0. The van der Waals surface area contributed by atoms with Gasteiger partial charge in [-0.3, -0.25) is 4.90 Å². The monoisotopic (exact) mass is 328 g/mol. The van der Waals surface area contributed by atoms with E-state index in [2.05, 4.69) is 41.4 Å². The maximum Gasteiger partial charge on any atom is 0.122 e. The highest BCUT2D eigenvalue weighted by Crippen LogP contribution is 2.34. The minimum atomic E-state index is 0.362. The summed E-state index contributed by atoms with van der Waals surface area (Å²) in [6.45, 7) is 4.50. The molecule has 1 aromatic carbocycles. The number of fused-ring (bicyclic) bond motifs is 1. The van der Waals surface area contributed by atoms with Crippen molar-refractivity contribution in [1.82, 2.24) is 10.2 Å². The van der Waals surface area contributed by atoms with E-state index in [9.17, 15) is 0 Å². The predicted molar refractivity (Wildman–Crippen MR) is 98.6 cm³/mol. The zero-order valence-electron chi connectivity index (χ0n) is 15.0. The van der Waals surface area contributed by atoms with Crippen LogP contribution in [0.1, 0.15) is 56.9 Å². The van der Waals surface area contributed by atoms with Gasteiger partial charge in [-0.1, -0.05) is 37.5 Å². The first-order chi connectivity index (χ1) is 11.8. The van der Waals surface area contributed by atoms with Crippen LogP contribution in [0, 0.1) is 6.92 Å². The van der Waals surface area contributed by atoms with Crippen LogP contribution in [0.3, 0.4) is 0 Å². The van der Waals surface area contributed by atoms with Crippen molar-refractivity contribution in [2.45, 2.75) is 82.5 Å². The van der Waals surface area contributed by atoms with Crippen LogP contribution in [0.25, 0.3) is 0 Å². The Labute approximate surface area is 146 Å². The van der Waals surface area contributed by atoms with E-state index < -0.39 is 0 Å². The van der Waals surface area contributed by atoms with Gasteiger partial charge in [-0.25, -0.2) is 0 Å². The molecule has 2 aliphatic carbocycles. The minimum Gasteiger partial charge on any atom is -0.489 e. The molecule has 24 heavy (non-hydrogen) atoms. The number of para-hydroxylation sites is 1. The van der Waals surface area contributed by atoms with Crippen molar-refractivity contribution < 1.29 is 4.74 Å². The van der Waals surface area contributed by atoms with Crippen molar-refractivity contribution in [1.29, 1.82) is 0 Å². The van der Waals surface area contributed by atoms with Gasteiger partial charge in [-0.2, -0.15) is 0 Å². The third-order valence-electron chi connectivity index (χ3n) is 6.40. The molecule has 0 radical (unpaired) electrons. The number of benzene rings is 1. The number of piperazine rings is 1. The summed E-state index contributed by atoms with van der Waals surface area (Å²) in [4.78, 5) is 2.84. The largest absolute Gasteiger partial charge is 0.489 e. The van der Waals surface area contributed by atoms with Crippen LogP contribution in [0.15, 0.2) is 24.3 Å². The molecule has 4 atom stereocenters. The summed E-state index contributed by atoms with van der Waals surface area (Å²) in [6.07, 6.45) is 11.1. The van der Waals surface area contributed by atoms with E-state index >= 15 is 0 Å². The first-order valence-electron chi connectivity index (χ1n) is 10.0. The summed E-state index contributed by atoms with van der Waals surface area (Å²) in [6, 6.07) is 10.6. The Hall–Kier alpha value is -1.06. The first kappa shape index (κ1) is 16.4. The van der Waals surface area contributed by atoms with E-state index in [-0.39, 0.29) is 0 Å². The fourth-order valence-corrected chi connectivity index (χ4v) is 5.15. The van der Waals surface area contributed by atoms with Gasteiger partial charge in [0.2, 0.25) is 0 Å². The minimum absolute atomic E-state index is 0.362. The Kier molecular flexibility index (Phi) is 5.09. The Morgan fingerprint density at radius 2 is 1.71 bits per heavy atom. The lowest BCUT2D eigenvalue weighted by Gasteiger charge is -2.50. The molecule has 1 heterocycles. The smallest absolute Gasteiger partial charge is 0.122 e. The molecule has 3 aliphatic rings. The first-order valence-corrected chi connectivity index (χ1v) is 10.0. The molecule has 1 N–H and O–H groups in total. The Balaban J connectivity index is 1.52. The molecule has 0 aromatic heterocycles. The van der Waals surface area contributed by atoms with Gasteiger partial charge in [0.05, 0.1) is 0 Å². The van der Waals surface area contributed by atoms with Crippen LogP contribution < -0.4 is 10.1 Å². The number of ether oxygens (including phenoxy) is 1. The van der Waals surface area contributed by atoms with Crippen molar-refractivity contribution in [3.05, 3.63) is 29.8 Å². The normalized spacial score (nSPS) is 34.5. The lowest BCUT2D eigenvalue weighted by Crippen LogP contribution is -2.64. The average molecular weight is 329 g/mol. The number of rotatable bonds is 3. The lowest BCUT2D eigenvalue weighted by molar-refractivity contribution is -0.0218. The molecule has 2 saturated carbocycles. The number of nitrogens with zero attached hydrogens (tertiary/aromatic N) is 1. The van der Waals surface area contributed by atoms with Gasteiger partial charge in [0.25, 0.3) is 0 Å². The fraction of sp³-hybridized carbons (Fsp3) is 0.714. The summed E-state index contributed by atoms with van der Waals surface area (Å²) in [5.41, 5.74) is 1.26. The van der Waals surface area contributed by atoms with Crippen molar-refractivity contribution in [3.63, 3.8) is 0 Å².